The molecule has 0 fully saturated rings. The maximum absolute atomic E-state index is 7.57. The molecule has 0 aromatic carbocycles. The molecule has 1 rings (SSSR count). The van der Waals surface area contributed by atoms with E-state index in [1.54, 1.807) is 25.5 Å². The second-order valence-electron chi connectivity index (χ2n) is 2.23. The van der Waals surface area contributed by atoms with Crippen molar-refractivity contribution in [3.05, 3.63) is 27.9 Å². The molecule has 64 valence electrons. The fourth-order valence-electron chi connectivity index (χ4n) is 0.717. The van der Waals surface area contributed by atoms with Crippen molar-refractivity contribution < 1.29 is 0 Å². The topological polar surface area (TPSA) is 49.0 Å². The van der Waals surface area contributed by atoms with Gasteiger partial charge in [0, 0.05) is 24.3 Å². The van der Waals surface area contributed by atoms with Gasteiger partial charge < -0.3 is 5.73 Å². The van der Waals surface area contributed by atoms with E-state index in [9.17, 15) is 0 Å². The number of allylic oxidation sites excluding steroid dienone is 1. The molecule has 12 heavy (non-hydrogen) atoms. The van der Waals surface area contributed by atoms with E-state index in [4.69, 9.17) is 5.73 Å². The van der Waals surface area contributed by atoms with Crippen LogP contribution in [-0.2, 0) is 0 Å². The monoisotopic (exact) mass is 180 g/mol. The molecule has 0 saturated heterocycles. The number of hydrogen-bond donors (Lipinski definition) is 0. The molecular weight excluding hydrogens is 170 g/mol. The molecule has 0 aliphatic carbocycles. The lowest BCUT2D eigenvalue weighted by atomic mass is 10.4. The molecule has 0 atom stereocenters. The van der Waals surface area contributed by atoms with Crippen molar-refractivity contribution in [2.75, 3.05) is 7.05 Å². The first kappa shape index (κ1) is 8.93. The molecule has 0 aliphatic heterocycles. The summed E-state index contributed by atoms with van der Waals surface area (Å²) in [5.74, 6) is 0. The van der Waals surface area contributed by atoms with Crippen molar-refractivity contribution in [2.45, 2.75) is 6.92 Å². The highest BCUT2D eigenvalue weighted by Crippen LogP contribution is 2.20. The first-order valence-corrected chi connectivity index (χ1v) is 4.32. The van der Waals surface area contributed by atoms with Gasteiger partial charge in [0.05, 0.1) is 5.01 Å². The van der Waals surface area contributed by atoms with Gasteiger partial charge in [-0.05, 0) is 6.92 Å². The third-order valence-electron chi connectivity index (χ3n) is 1.28. The lowest BCUT2D eigenvalue weighted by molar-refractivity contribution is 1.29. The molecule has 0 aliphatic rings. The zero-order valence-corrected chi connectivity index (χ0v) is 7.85. The van der Waals surface area contributed by atoms with Crippen LogP contribution in [0.15, 0.2) is 17.3 Å². The first-order valence-electron chi connectivity index (χ1n) is 3.51. The number of thiazole rings is 1. The molecule has 1 N–H and O–H groups in total. The highest BCUT2D eigenvalue weighted by Gasteiger charge is 1.93. The average molecular weight is 180 g/mol. The predicted molar refractivity (Wildman–Crippen MR) is 53.6 cm³/mol. The van der Waals surface area contributed by atoms with Crippen LogP contribution in [0.1, 0.15) is 9.88 Å². The molecule has 0 spiro atoms. The minimum absolute atomic E-state index is 0.464. The van der Waals surface area contributed by atoms with E-state index in [2.05, 4.69) is 9.98 Å². The van der Waals surface area contributed by atoms with Gasteiger partial charge in [0.2, 0.25) is 0 Å². The number of aromatic nitrogens is 1. The maximum Gasteiger partial charge on any atom is 0.0899 e. The summed E-state index contributed by atoms with van der Waals surface area (Å²) in [6, 6.07) is 0. The summed E-state index contributed by atoms with van der Waals surface area (Å²) in [5, 5.41) is 0.983. The van der Waals surface area contributed by atoms with Crippen molar-refractivity contribution in [1.82, 2.24) is 4.98 Å². The number of aryl methyl sites for hydroxylation is 1. The molecule has 0 amide bonds. The Labute approximate surface area is 75.7 Å². The molecule has 4 heteroatoms. The van der Waals surface area contributed by atoms with Crippen LogP contribution >= 0.6 is 11.3 Å². The Morgan fingerprint density at radius 1 is 1.75 bits per heavy atom. The van der Waals surface area contributed by atoms with Crippen molar-refractivity contribution in [3.8, 4) is 0 Å². The molecule has 1 aromatic rings. The van der Waals surface area contributed by atoms with E-state index in [1.165, 1.54) is 11.3 Å². The van der Waals surface area contributed by atoms with E-state index >= 15 is 0 Å². The lowest BCUT2D eigenvalue weighted by Gasteiger charge is -2.02. The molecule has 0 bridgehead atoms. The van der Waals surface area contributed by atoms with Crippen LogP contribution in [0.4, 0.5) is 0 Å². The second kappa shape index (κ2) is 4.01. The number of rotatable bonds is 2. The summed E-state index contributed by atoms with van der Waals surface area (Å²) in [4.78, 5) is 8.71. The molecular formula is C8H10N3S-. The SMILES string of the molecule is CN=C/C=C(\[NH-])c1cnc(C)s1. The van der Waals surface area contributed by atoms with Gasteiger partial charge in [-0.1, -0.05) is 6.08 Å². The van der Waals surface area contributed by atoms with Gasteiger partial charge in [0.1, 0.15) is 0 Å². The summed E-state index contributed by atoms with van der Waals surface area (Å²) >= 11 is 1.52. The van der Waals surface area contributed by atoms with Gasteiger partial charge in [-0.2, -0.15) is 0 Å². The molecule has 1 aromatic heterocycles. The predicted octanol–water partition coefficient (Wildman–Crippen LogP) is 2.55. The molecule has 0 radical (unpaired) electrons. The number of nitrogens with zero attached hydrogens (tertiary/aromatic N) is 2. The second-order valence-corrected chi connectivity index (χ2v) is 3.47. The van der Waals surface area contributed by atoms with E-state index in [0.29, 0.717) is 5.70 Å². The van der Waals surface area contributed by atoms with Crippen molar-refractivity contribution >= 4 is 23.2 Å². The van der Waals surface area contributed by atoms with Crippen molar-refractivity contribution in [1.29, 1.82) is 0 Å². The average Bonchev–Trinajstić information content (AvgIpc) is 2.47. The standard InChI is InChI=1S/C8H10N3S/c1-6-11-5-8(12-6)7(9)3-4-10-2/h3-5,9H,1-2H3/q-1/b7-3-,10-4?. The van der Waals surface area contributed by atoms with Gasteiger partial charge in [0.15, 0.2) is 0 Å². The quantitative estimate of drug-likeness (QED) is 0.645. The Morgan fingerprint density at radius 2 is 2.50 bits per heavy atom. The fourth-order valence-corrected chi connectivity index (χ4v) is 1.42. The van der Waals surface area contributed by atoms with E-state index < -0.39 is 0 Å². The third kappa shape index (κ3) is 2.17. The fraction of sp³-hybridized carbons (Fsp3) is 0.250. The maximum atomic E-state index is 7.57. The molecule has 0 unspecified atom stereocenters. The van der Waals surface area contributed by atoms with Crippen LogP contribution < -0.4 is 0 Å². The summed E-state index contributed by atoms with van der Waals surface area (Å²) in [6.07, 6.45) is 4.98. The zero-order chi connectivity index (χ0) is 8.97. The Bertz CT molecular complexity index is 312. The molecule has 1 heterocycles. The van der Waals surface area contributed by atoms with Gasteiger partial charge in [-0.3, -0.25) is 4.99 Å². The number of aliphatic imine (C=N–C) groups is 1. The van der Waals surface area contributed by atoms with Gasteiger partial charge in [-0.15, -0.1) is 17.0 Å². The minimum Gasteiger partial charge on any atom is -0.697 e. The van der Waals surface area contributed by atoms with Crippen LogP contribution in [0.5, 0.6) is 0 Å². The van der Waals surface area contributed by atoms with E-state index in [0.717, 1.165) is 9.88 Å². The lowest BCUT2D eigenvalue weighted by Crippen LogP contribution is -1.71. The summed E-state index contributed by atoms with van der Waals surface area (Å²) in [7, 11) is 1.68. The van der Waals surface area contributed by atoms with E-state index in [1.807, 2.05) is 6.92 Å². The van der Waals surface area contributed by atoms with Crippen LogP contribution in [-0.4, -0.2) is 18.2 Å². The van der Waals surface area contributed by atoms with Crippen molar-refractivity contribution in [2.24, 2.45) is 4.99 Å². The Hall–Kier alpha value is -1.16. The van der Waals surface area contributed by atoms with Gasteiger partial charge in [0.25, 0.3) is 0 Å². The Morgan fingerprint density at radius 3 is 3.00 bits per heavy atom. The number of hydrogen-bond acceptors (Lipinski definition) is 3. The van der Waals surface area contributed by atoms with E-state index in [-0.39, 0.29) is 0 Å². The van der Waals surface area contributed by atoms with Crippen LogP contribution in [0.25, 0.3) is 11.4 Å². The van der Waals surface area contributed by atoms with Crippen LogP contribution in [0.3, 0.4) is 0 Å². The Balaban J connectivity index is 2.84. The minimum atomic E-state index is 0.464. The molecule has 0 saturated carbocycles. The largest absolute Gasteiger partial charge is 0.697 e. The summed E-state index contributed by atoms with van der Waals surface area (Å²) < 4.78 is 0. The normalized spacial score (nSPS) is 12.7. The Kier molecular flexibility index (Phi) is 2.99. The third-order valence-corrected chi connectivity index (χ3v) is 2.22. The molecule has 3 nitrogen and oxygen atoms in total. The van der Waals surface area contributed by atoms with Gasteiger partial charge >= 0.3 is 0 Å². The number of nitrogens with one attached hydrogen (secondary N) is 1. The smallest absolute Gasteiger partial charge is 0.0899 e. The van der Waals surface area contributed by atoms with Gasteiger partial charge in [-0.25, -0.2) is 4.98 Å². The first-order chi connectivity index (χ1) is 5.74. The highest BCUT2D eigenvalue weighted by atomic mass is 32.1. The van der Waals surface area contributed by atoms with Crippen LogP contribution in [0.2, 0.25) is 0 Å². The zero-order valence-electron chi connectivity index (χ0n) is 7.03. The highest BCUT2D eigenvalue weighted by molar-refractivity contribution is 7.12. The van der Waals surface area contributed by atoms with Crippen molar-refractivity contribution in [3.63, 3.8) is 0 Å². The summed E-state index contributed by atoms with van der Waals surface area (Å²) in [6.45, 7) is 1.93. The van der Waals surface area contributed by atoms with Crippen LogP contribution in [0, 0.1) is 6.92 Å². The summed E-state index contributed by atoms with van der Waals surface area (Å²) in [5.41, 5.74) is 8.03.